The summed E-state index contributed by atoms with van der Waals surface area (Å²) in [6.07, 6.45) is 0.617. The zero-order chi connectivity index (χ0) is 15.3. The third kappa shape index (κ3) is 4.73. The second-order valence-electron chi connectivity index (χ2n) is 4.93. The van der Waals surface area contributed by atoms with Gasteiger partial charge in [0.15, 0.2) is 0 Å². The van der Waals surface area contributed by atoms with E-state index in [1.165, 1.54) is 7.11 Å². The number of thiocarbonyl (C=S) groups is 1. The van der Waals surface area contributed by atoms with E-state index in [2.05, 4.69) is 15.3 Å². The summed E-state index contributed by atoms with van der Waals surface area (Å²) in [7, 11) is 1.36. The Kier molecular flexibility index (Phi) is 5.82. The first kappa shape index (κ1) is 16.3. The van der Waals surface area contributed by atoms with Crippen molar-refractivity contribution in [3.8, 4) is 0 Å². The van der Waals surface area contributed by atoms with Crippen molar-refractivity contribution in [1.82, 2.24) is 9.97 Å². The van der Waals surface area contributed by atoms with Gasteiger partial charge in [-0.3, -0.25) is 0 Å². The van der Waals surface area contributed by atoms with Crippen molar-refractivity contribution in [3.05, 3.63) is 17.5 Å². The molecule has 0 bridgehead atoms. The number of aryl methyl sites for hydroxylation is 1. The summed E-state index contributed by atoms with van der Waals surface area (Å²) in [5.74, 6) is 0.302. The van der Waals surface area contributed by atoms with Crippen LogP contribution >= 0.6 is 12.2 Å². The smallest absolute Gasteiger partial charge is 0.328 e. The maximum Gasteiger partial charge on any atom is 0.328 e. The van der Waals surface area contributed by atoms with Gasteiger partial charge in [0.05, 0.1) is 7.11 Å². The monoisotopic (exact) mass is 296 g/mol. The molecule has 0 fully saturated rings. The van der Waals surface area contributed by atoms with Crippen molar-refractivity contribution >= 4 is 29.1 Å². The SMILES string of the molecule is COC(=O)C(CC(C)C)Nc1nc(C)cc(C(N)=S)n1. The highest BCUT2D eigenvalue weighted by Crippen LogP contribution is 2.12. The standard InChI is InChI=1S/C13H20N4O2S/c1-7(2)5-10(12(18)19-4)17-13-15-8(3)6-9(16-13)11(14)20/h6-7,10H,5H2,1-4H3,(H2,14,20)(H,15,16,17). The number of anilines is 1. The average Bonchev–Trinajstić information content (AvgIpc) is 2.35. The summed E-state index contributed by atoms with van der Waals surface area (Å²) >= 11 is 4.91. The fourth-order valence-electron chi connectivity index (χ4n) is 1.74. The van der Waals surface area contributed by atoms with Gasteiger partial charge in [-0.15, -0.1) is 0 Å². The zero-order valence-corrected chi connectivity index (χ0v) is 13.0. The van der Waals surface area contributed by atoms with Gasteiger partial charge in [-0.2, -0.15) is 0 Å². The molecule has 0 aliphatic rings. The van der Waals surface area contributed by atoms with Gasteiger partial charge in [-0.05, 0) is 25.3 Å². The molecule has 0 aromatic carbocycles. The normalized spacial score (nSPS) is 12.1. The van der Waals surface area contributed by atoms with Crippen LogP contribution in [0.2, 0.25) is 0 Å². The van der Waals surface area contributed by atoms with Gasteiger partial charge in [0.2, 0.25) is 5.95 Å². The molecule has 0 aliphatic carbocycles. The van der Waals surface area contributed by atoms with E-state index in [9.17, 15) is 4.79 Å². The Labute approximate surface area is 124 Å². The van der Waals surface area contributed by atoms with Gasteiger partial charge in [0.1, 0.15) is 16.7 Å². The summed E-state index contributed by atoms with van der Waals surface area (Å²) in [6, 6.07) is 1.20. The minimum absolute atomic E-state index is 0.192. The highest BCUT2D eigenvalue weighted by atomic mass is 32.1. The highest BCUT2D eigenvalue weighted by molar-refractivity contribution is 7.80. The molecule has 3 N–H and O–H groups in total. The lowest BCUT2D eigenvalue weighted by Gasteiger charge is -2.18. The second kappa shape index (κ2) is 7.14. The number of nitrogens with zero attached hydrogens (tertiary/aromatic N) is 2. The molecule has 20 heavy (non-hydrogen) atoms. The third-order valence-electron chi connectivity index (χ3n) is 2.60. The molecule has 7 heteroatoms. The Bertz CT molecular complexity index is 505. The van der Waals surface area contributed by atoms with Crippen molar-refractivity contribution in [2.45, 2.75) is 33.2 Å². The Hall–Kier alpha value is -1.76. The minimum atomic E-state index is -0.499. The van der Waals surface area contributed by atoms with E-state index in [1.54, 1.807) is 6.07 Å². The molecule has 0 saturated carbocycles. The lowest BCUT2D eigenvalue weighted by molar-refractivity contribution is -0.141. The number of hydrogen-bond donors (Lipinski definition) is 2. The van der Waals surface area contributed by atoms with Crippen LogP contribution in [0.5, 0.6) is 0 Å². The second-order valence-corrected chi connectivity index (χ2v) is 5.37. The van der Waals surface area contributed by atoms with Crippen LogP contribution in [-0.4, -0.2) is 34.1 Å². The van der Waals surface area contributed by atoms with Crippen LogP contribution in [0.3, 0.4) is 0 Å². The van der Waals surface area contributed by atoms with Gasteiger partial charge < -0.3 is 15.8 Å². The number of nitrogens with two attached hydrogens (primary N) is 1. The predicted octanol–water partition coefficient (Wildman–Crippen LogP) is 1.42. The Balaban J connectivity index is 2.98. The molecule has 1 aromatic rings. The van der Waals surface area contributed by atoms with E-state index in [1.807, 2.05) is 20.8 Å². The number of ether oxygens (including phenoxy) is 1. The first-order valence-electron chi connectivity index (χ1n) is 6.33. The number of nitrogens with one attached hydrogen (secondary N) is 1. The van der Waals surface area contributed by atoms with Crippen LogP contribution in [0.15, 0.2) is 6.07 Å². The first-order chi connectivity index (χ1) is 9.33. The van der Waals surface area contributed by atoms with Gasteiger partial charge in [-0.1, -0.05) is 26.1 Å². The Morgan fingerprint density at radius 3 is 2.65 bits per heavy atom. The van der Waals surface area contributed by atoms with Crippen molar-refractivity contribution in [3.63, 3.8) is 0 Å². The Morgan fingerprint density at radius 2 is 2.15 bits per heavy atom. The van der Waals surface area contributed by atoms with Gasteiger partial charge >= 0.3 is 5.97 Å². The summed E-state index contributed by atoms with van der Waals surface area (Å²) < 4.78 is 4.79. The van der Waals surface area contributed by atoms with Crippen molar-refractivity contribution in [2.24, 2.45) is 11.7 Å². The summed E-state index contributed by atoms with van der Waals surface area (Å²) in [5.41, 5.74) is 6.77. The van der Waals surface area contributed by atoms with E-state index in [-0.39, 0.29) is 11.0 Å². The Morgan fingerprint density at radius 1 is 1.50 bits per heavy atom. The van der Waals surface area contributed by atoms with Crippen LogP contribution in [0.1, 0.15) is 31.7 Å². The zero-order valence-electron chi connectivity index (χ0n) is 12.1. The van der Waals surface area contributed by atoms with Gasteiger partial charge in [0.25, 0.3) is 0 Å². The van der Waals surface area contributed by atoms with Gasteiger partial charge in [0, 0.05) is 5.69 Å². The molecule has 1 unspecified atom stereocenters. The quantitative estimate of drug-likeness (QED) is 0.606. The lowest BCUT2D eigenvalue weighted by Crippen LogP contribution is -2.33. The average molecular weight is 296 g/mol. The molecule has 0 aliphatic heterocycles. The highest BCUT2D eigenvalue weighted by Gasteiger charge is 2.21. The molecule has 0 amide bonds. The maximum atomic E-state index is 11.8. The van der Waals surface area contributed by atoms with E-state index >= 15 is 0 Å². The molecule has 1 atom stereocenters. The first-order valence-corrected chi connectivity index (χ1v) is 6.74. The number of methoxy groups -OCH3 is 1. The number of carbonyl (C=O) groups is 1. The van der Waals surface area contributed by atoms with E-state index in [0.717, 1.165) is 5.69 Å². The van der Waals surface area contributed by atoms with Crippen LogP contribution in [-0.2, 0) is 9.53 Å². The molecule has 6 nitrogen and oxygen atoms in total. The minimum Gasteiger partial charge on any atom is -0.467 e. The van der Waals surface area contributed by atoms with Crippen molar-refractivity contribution in [2.75, 3.05) is 12.4 Å². The van der Waals surface area contributed by atoms with Crippen molar-refractivity contribution < 1.29 is 9.53 Å². The summed E-state index contributed by atoms with van der Waals surface area (Å²) in [5, 5.41) is 2.99. The fourth-order valence-corrected chi connectivity index (χ4v) is 1.85. The van der Waals surface area contributed by atoms with Crippen LogP contribution in [0, 0.1) is 12.8 Å². The third-order valence-corrected chi connectivity index (χ3v) is 2.81. The topological polar surface area (TPSA) is 90.1 Å². The van der Waals surface area contributed by atoms with E-state index in [0.29, 0.717) is 24.0 Å². The molecular weight excluding hydrogens is 276 g/mol. The molecular formula is C13H20N4O2S. The van der Waals surface area contributed by atoms with E-state index < -0.39 is 6.04 Å². The van der Waals surface area contributed by atoms with Crippen LogP contribution in [0.25, 0.3) is 0 Å². The number of rotatable bonds is 6. The van der Waals surface area contributed by atoms with Crippen LogP contribution in [0.4, 0.5) is 5.95 Å². The molecule has 110 valence electrons. The molecule has 0 radical (unpaired) electrons. The lowest BCUT2D eigenvalue weighted by atomic mass is 10.0. The van der Waals surface area contributed by atoms with Gasteiger partial charge in [-0.25, -0.2) is 14.8 Å². The number of hydrogen-bond acceptors (Lipinski definition) is 6. The fraction of sp³-hybridized carbons (Fsp3) is 0.538. The maximum absolute atomic E-state index is 11.8. The number of esters is 1. The van der Waals surface area contributed by atoms with E-state index in [4.69, 9.17) is 22.7 Å². The van der Waals surface area contributed by atoms with Crippen LogP contribution < -0.4 is 11.1 Å². The molecule has 0 saturated heterocycles. The predicted molar refractivity (Wildman–Crippen MR) is 81.5 cm³/mol. The number of aromatic nitrogens is 2. The molecule has 0 spiro atoms. The summed E-state index contributed by atoms with van der Waals surface area (Å²) in [4.78, 5) is 20.4. The number of carbonyl (C=O) groups excluding carboxylic acids is 1. The largest absolute Gasteiger partial charge is 0.467 e. The van der Waals surface area contributed by atoms with Crippen molar-refractivity contribution in [1.29, 1.82) is 0 Å². The molecule has 1 heterocycles. The summed E-state index contributed by atoms with van der Waals surface area (Å²) in [6.45, 7) is 5.86. The molecule has 1 rings (SSSR count). The molecule has 1 aromatic heterocycles.